The number of aliphatic carboxylic acids is 1. The smallest absolute Gasteiger partial charge is 0.341 e. The number of nitrogens with zero attached hydrogens (tertiary/aromatic N) is 1. The zero-order valence-corrected chi connectivity index (χ0v) is 14.8. The SMILES string of the molecule is CO[C@@H]1CCCOC12CCN(Cc1ccc(OCC(=O)O)cc1)CC2. The maximum absolute atomic E-state index is 10.5. The van der Waals surface area contributed by atoms with Gasteiger partial charge in [-0.05, 0) is 43.4 Å². The Hall–Kier alpha value is -1.63. The number of carbonyl (C=O) groups is 1. The molecule has 1 atom stereocenters. The van der Waals surface area contributed by atoms with Crippen LogP contribution in [0.1, 0.15) is 31.2 Å². The van der Waals surface area contributed by atoms with E-state index < -0.39 is 5.97 Å². The molecule has 0 aromatic heterocycles. The Balaban J connectivity index is 1.51. The molecule has 0 unspecified atom stereocenters. The lowest BCUT2D eigenvalue weighted by Gasteiger charge is -2.48. The molecule has 25 heavy (non-hydrogen) atoms. The molecule has 3 rings (SSSR count). The molecular weight excluding hydrogens is 322 g/mol. The fourth-order valence-corrected chi connectivity index (χ4v) is 3.88. The van der Waals surface area contributed by atoms with E-state index in [1.165, 1.54) is 5.56 Å². The molecule has 0 bridgehead atoms. The highest BCUT2D eigenvalue weighted by Crippen LogP contribution is 2.37. The highest BCUT2D eigenvalue weighted by molar-refractivity contribution is 5.68. The minimum atomic E-state index is -0.967. The van der Waals surface area contributed by atoms with Gasteiger partial charge in [-0.15, -0.1) is 0 Å². The second kappa shape index (κ2) is 8.17. The number of piperidine rings is 1. The lowest BCUT2D eigenvalue weighted by Crippen LogP contribution is -2.55. The zero-order valence-electron chi connectivity index (χ0n) is 14.8. The third-order valence-electron chi connectivity index (χ3n) is 5.27. The summed E-state index contributed by atoms with van der Waals surface area (Å²) in [5, 5.41) is 8.64. The fourth-order valence-electron chi connectivity index (χ4n) is 3.88. The van der Waals surface area contributed by atoms with Gasteiger partial charge in [-0.1, -0.05) is 12.1 Å². The summed E-state index contributed by atoms with van der Waals surface area (Å²) in [6.45, 7) is 3.41. The highest BCUT2D eigenvalue weighted by atomic mass is 16.5. The Bertz CT molecular complexity index is 566. The number of hydrogen-bond acceptors (Lipinski definition) is 5. The van der Waals surface area contributed by atoms with E-state index in [9.17, 15) is 4.79 Å². The summed E-state index contributed by atoms with van der Waals surface area (Å²) in [5.41, 5.74) is 1.10. The van der Waals surface area contributed by atoms with Crippen LogP contribution >= 0.6 is 0 Å². The number of hydrogen-bond donors (Lipinski definition) is 1. The molecule has 1 N–H and O–H groups in total. The van der Waals surface area contributed by atoms with Crippen LogP contribution < -0.4 is 4.74 Å². The molecule has 2 saturated heterocycles. The van der Waals surface area contributed by atoms with Crippen LogP contribution in [0.2, 0.25) is 0 Å². The van der Waals surface area contributed by atoms with Crippen LogP contribution in [0.3, 0.4) is 0 Å². The number of benzene rings is 1. The molecule has 6 heteroatoms. The minimum Gasteiger partial charge on any atom is -0.482 e. The van der Waals surface area contributed by atoms with Gasteiger partial charge in [-0.2, -0.15) is 0 Å². The minimum absolute atomic E-state index is 0.0992. The van der Waals surface area contributed by atoms with Crippen molar-refractivity contribution in [2.75, 3.05) is 33.4 Å². The Morgan fingerprint density at radius 1 is 1.32 bits per heavy atom. The topological polar surface area (TPSA) is 68.2 Å². The van der Waals surface area contributed by atoms with E-state index >= 15 is 0 Å². The van der Waals surface area contributed by atoms with Crippen LogP contribution in [-0.2, 0) is 20.8 Å². The van der Waals surface area contributed by atoms with Gasteiger partial charge in [0.15, 0.2) is 6.61 Å². The number of ether oxygens (including phenoxy) is 3. The molecule has 0 radical (unpaired) electrons. The van der Waals surface area contributed by atoms with Crippen LogP contribution in [0.4, 0.5) is 0 Å². The first-order valence-corrected chi connectivity index (χ1v) is 8.94. The largest absolute Gasteiger partial charge is 0.482 e. The number of likely N-dealkylation sites (tertiary alicyclic amines) is 1. The average Bonchev–Trinajstić information content (AvgIpc) is 2.63. The first-order valence-electron chi connectivity index (χ1n) is 8.94. The first kappa shape index (κ1) is 18.2. The van der Waals surface area contributed by atoms with Gasteiger partial charge in [-0.3, -0.25) is 4.90 Å². The van der Waals surface area contributed by atoms with E-state index in [1.54, 1.807) is 7.11 Å². The second-order valence-electron chi connectivity index (χ2n) is 6.88. The fraction of sp³-hybridized carbons (Fsp3) is 0.632. The van der Waals surface area contributed by atoms with E-state index in [0.29, 0.717) is 5.75 Å². The summed E-state index contributed by atoms with van der Waals surface area (Å²) >= 11 is 0. The molecule has 1 aromatic rings. The van der Waals surface area contributed by atoms with Gasteiger partial charge in [0.05, 0.1) is 11.7 Å². The van der Waals surface area contributed by atoms with E-state index in [4.69, 9.17) is 19.3 Å². The van der Waals surface area contributed by atoms with Gasteiger partial charge >= 0.3 is 5.97 Å². The summed E-state index contributed by atoms with van der Waals surface area (Å²) < 4.78 is 17.0. The van der Waals surface area contributed by atoms with Crippen molar-refractivity contribution in [1.82, 2.24) is 4.90 Å². The lowest BCUT2D eigenvalue weighted by atomic mass is 9.82. The van der Waals surface area contributed by atoms with Crippen molar-refractivity contribution in [3.63, 3.8) is 0 Å². The molecule has 138 valence electrons. The summed E-state index contributed by atoms with van der Waals surface area (Å²) in [6, 6.07) is 7.65. The Morgan fingerprint density at radius 2 is 2.04 bits per heavy atom. The summed E-state index contributed by atoms with van der Waals surface area (Å²) in [7, 11) is 1.79. The van der Waals surface area contributed by atoms with Crippen LogP contribution in [0.5, 0.6) is 5.75 Å². The van der Waals surface area contributed by atoms with Crippen LogP contribution in [0.15, 0.2) is 24.3 Å². The van der Waals surface area contributed by atoms with Gasteiger partial charge in [-0.25, -0.2) is 4.79 Å². The second-order valence-corrected chi connectivity index (χ2v) is 6.88. The summed E-state index contributed by atoms with van der Waals surface area (Å²) in [4.78, 5) is 13.0. The Kier molecular flexibility index (Phi) is 5.93. The van der Waals surface area contributed by atoms with Gasteiger partial charge in [0.1, 0.15) is 5.75 Å². The third kappa shape index (κ3) is 4.51. The Morgan fingerprint density at radius 3 is 2.68 bits per heavy atom. The van der Waals surface area contributed by atoms with E-state index in [2.05, 4.69) is 4.90 Å². The monoisotopic (exact) mass is 349 g/mol. The standard InChI is InChI=1S/C19H27NO5/c1-23-17-3-2-12-25-19(17)8-10-20(11-9-19)13-15-4-6-16(7-5-15)24-14-18(21)22/h4-7,17H,2-3,8-14H2,1H3,(H,21,22)/t17-/m1/s1. The first-order chi connectivity index (χ1) is 12.1. The molecule has 2 aliphatic heterocycles. The van der Waals surface area contributed by atoms with Gasteiger partial charge < -0.3 is 19.3 Å². The van der Waals surface area contributed by atoms with Crippen LogP contribution in [-0.4, -0.2) is 61.1 Å². The molecule has 0 amide bonds. The maximum atomic E-state index is 10.5. The predicted molar refractivity (Wildman–Crippen MR) is 92.8 cm³/mol. The summed E-state index contributed by atoms with van der Waals surface area (Å²) in [5.74, 6) is -0.382. The van der Waals surface area contributed by atoms with Gasteiger partial charge in [0.2, 0.25) is 0 Å². The van der Waals surface area contributed by atoms with E-state index in [1.807, 2.05) is 24.3 Å². The number of rotatable bonds is 6. The molecule has 1 aromatic carbocycles. The molecule has 2 fully saturated rings. The predicted octanol–water partition coefficient (Wildman–Crippen LogP) is 2.31. The molecule has 1 spiro atoms. The normalized spacial score (nSPS) is 23.5. The van der Waals surface area contributed by atoms with Crippen LogP contribution in [0, 0.1) is 0 Å². The highest BCUT2D eigenvalue weighted by Gasteiger charge is 2.44. The van der Waals surface area contributed by atoms with Crippen molar-refractivity contribution in [3.8, 4) is 5.75 Å². The molecule has 0 aliphatic carbocycles. The lowest BCUT2D eigenvalue weighted by molar-refractivity contribution is -0.186. The number of carboxylic acids is 1. The molecule has 0 saturated carbocycles. The third-order valence-corrected chi connectivity index (χ3v) is 5.27. The Labute approximate surface area is 148 Å². The van der Waals surface area contributed by atoms with Crippen molar-refractivity contribution in [2.45, 2.75) is 43.9 Å². The van der Waals surface area contributed by atoms with Gasteiger partial charge in [0.25, 0.3) is 0 Å². The molecule has 2 heterocycles. The van der Waals surface area contributed by atoms with Gasteiger partial charge in [0, 0.05) is 33.4 Å². The number of methoxy groups -OCH3 is 1. The zero-order chi connectivity index (χ0) is 17.7. The maximum Gasteiger partial charge on any atom is 0.341 e. The average molecular weight is 349 g/mol. The van der Waals surface area contributed by atoms with E-state index in [-0.39, 0.29) is 18.3 Å². The van der Waals surface area contributed by atoms with Crippen molar-refractivity contribution in [2.24, 2.45) is 0 Å². The van der Waals surface area contributed by atoms with E-state index in [0.717, 1.165) is 51.9 Å². The molecular formula is C19H27NO5. The molecule has 2 aliphatic rings. The van der Waals surface area contributed by atoms with Crippen molar-refractivity contribution in [1.29, 1.82) is 0 Å². The summed E-state index contributed by atoms with van der Waals surface area (Å²) in [6.07, 6.45) is 4.40. The quantitative estimate of drug-likeness (QED) is 0.850. The van der Waals surface area contributed by atoms with Crippen LogP contribution in [0.25, 0.3) is 0 Å². The number of carboxylic acid groups (broad SMARTS) is 1. The van der Waals surface area contributed by atoms with Crippen molar-refractivity contribution >= 4 is 5.97 Å². The van der Waals surface area contributed by atoms with Crippen molar-refractivity contribution < 1.29 is 24.1 Å². The van der Waals surface area contributed by atoms with Crippen molar-refractivity contribution in [3.05, 3.63) is 29.8 Å². The molecule has 6 nitrogen and oxygen atoms in total.